The van der Waals surface area contributed by atoms with Crippen molar-refractivity contribution in [3.8, 4) is 0 Å². The van der Waals surface area contributed by atoms with E-state index in [4.69, 9.17) is 14.2 Å². The van der Waals surface area contributed by atoms with E-state index in [9.17, 15) is 14.4 Å². The van der Waals surface area contributed by atoms with Gasteiger partial charge in [-0.05, 0) is 6.08 Å². The predicted octanol–water partition coefficient (Wildman–Crippen LogP) is 0.491. The highest BCUT2D eigenvalue weighted by Gasteiger charge is 2.42. The summed E-state index contributed by atoms with van der Waals surface area (Å²) < 4.78 is 17.7. The van der Waals surface area contributed by atoms with Crippen molar-refractivity contribution in [2.24, 2.45) is 0 Å². The average Bonchev–Trinajstić information content (AvgIpc) is 2.34. The predicted molar refractivity (Wildman–Crippen MR) is 67.7 cm³/mol. The van der Waals surface area contributed by atoms with Gasteiger partial charge in [-0.25, -0.2) is 0 Å². The highest BCUT2D eigenvalue weighted by Crippen LogP contribution is 2.23. The van der Waals surface area contributed by atoms with Gasteiger partial charge in [0.25, 0.3) is 0 Å². The first-order valence-corrected chi connectivity index (χ1v) is 6.11. The Morgan fingerprint density at radius 3 is 2.35 bits per heavy atom. The molecule has 0 N–H and O–H groups in total. The lowest BCUT2D eigenvalue weighted by Crippen LogP contribution is -2.51. The quantitative estimate of drug-likeness (QED) is 0.425. The molecular weight excluding hydrogens is 268 g/mol. The number of carbonyl (C=O) groups is 3. The maximum absolute atomic E-state index is 11.5. The van der Waals surface area contributed by atoms with Crippen LogP contribution in [0.3, 0.4) is 0 Å². The van der Waals surface area contributed by atoms with Crippen molar-refractivity contribution in [2.75, 3.05) is 13.7 Å². The first kappa shape index (κ1) is 16.0. The molecule has 0 unspecified atom stereocenters. The SMILES string of the molecule is CC(=O)OC[C@H]1OC=C[C@@H](OC(C)=O)[C@@H]1[O+](C)C(C)=O. The lowest BCUT2D eigenvalue weighted by atomic mass is 10.1. The van der Waals surface area contributed by atoms with Gasteiger partial charge in [0.05, 0.1) is 13.2 Å². The Labute approximate surface area is 117 Å². The molecule has 7 nitrogen and oxygen atoms in total. The van der Waals surface area contributed by atoms with Gasteiger partial charge < -0.3 is 18.6 Å². The van der Waals surface area contributed by atoms with E-state index in [1.165, 1.54) is 40.2 Å². The molecule has 1 aliphatic rings. The Hall–Kier alpha value is -2.05. The molecule has 1 aliphatic heterocycles. The average molecular weight is 287 g/mol. The largest absolute Gasteiger partial charge is 0.540 e. The molecule has 0 saturated heterocycles. The lowest BCUT2D eigenvalue weighted by Gasteiger charge is -2.38. The molecule has 0 aromatic carbocycles. The first-order valence-electron chi connectivity index (χ1n) is 6.11. The zero-order valence-corrected chi connectivity index (χ0v) is 12.0. The molecule has 20 heavy (non-hydrogen) atoms. The van der Waals surface area contributed by atoms with Gasteiger partial charge in [0.1, 0.15) is 13.7 Å². The Morgan fingerprint density at radius 2 is 1.85 bits per heavy atom. The minimum absolute atomic E-state index is 0.0489. The summed E-state index contributed by atoms with van der Waals surface area (Å²) in [4.78, 5) is 33.5. The summed E-state index contributed by atoms with van der Waals surface area (Å²) in [5, 5.41) is 0. The maximum atomic E-state index is 11.5. The van der Waals surface area contributed by atoms with E-state index in [0.717, 1.165) is 0 Å². The molecule has 0 bridgehead atoms. The molecule has 0 spiro atoms. The monoisotopic (exact) mass is 287 g/mol. The van der Waals surface area contributed by atoms with Crippen molar-refractivity contribution in [1.29, 1.82) is 0 Å². The third-order valence-corrected chi connectivity index (χ3v) is 2.83. The number of hydrogen-bond acceptors (Lipinski definition) is 6. The lowest BCUT2D eigenvalue weighted by molar-refractivity contribution is -0.231. The molecular formula is C13H19O7+. The van der Waals surface area contributed by atoms with Crippen LogP contribution in [0.4, 0.5) is 0 Å². The standard InChI is InChI=1S/C13H19O7/c1-8(14)18-7-12-13(20(4)10(3)16)11(5-6-17-12)19-9(2)15/h5-6,11-13H,7H2,1-4H3/q+1/t11-,12-,13+/m1/s1. The second-order valence-electron chi connectivity index (χ2n) is 4.39. The van der Waals surface area contributed by atoms with Gasteiger partial charge in [-0.3, -0.25) is 9.59 Å². The minimum atomic E-state index is -0.680. The summed E-state index contributed by atoms with van der Waals surface area (Å²) >= 11 is 0. The van der Waals surface area contributed by atoms with Crippen LogP contribution in [0, 0.1) is 0 Å². The molecule has 0 fully saturated rings. The maximum Gasteiger partial charge on any atom is 0.515 e. The number of carbonyl (C=O) groups excluding carboxylic acids is 3. The number of rotatable bonds is 4. The van der Waals surface area contributed by atoms with Crippen molar-refractivity contribution < 1.29 is 33.0 Å². The summed E-state index contributed by atoms with van der Waals surface area (Å²) in [6, 6.07) is 0. The normalized spacial score (nSPS) is 24.5. The van der Waals surface area contributed by atoms with Gasteiger partial charge in [-0.15, -0.1) is 0 Å². The molecule has 0 radical (unpaired) electrons. The van der Waals surface area contributed by atoms with Gasteiger partial charge in [0.15, 0.2) is 12.2 Å². The Balaban J connectivity index is 2.91. The van der Waals surface area contributed by atoms with Crippen molar-refractivity contribution in [3.05, 3.63) is 12.3 Å². The van der Waals surface area contributed by atoms with Crippen molar-refractivity contribution in [2.45, 2.75) is 39.1 Å². The van der Waals surface area contributed by atoms with Gasteiger partial charge in [0.2, 0.25) is 6.10 Å². The van der Waals surface area contributed by atoms with Crippen LogP contribution in [-0.4, -0.2) is 49.9 Å². The second-order valence-corrected chi connectivity index (χ2v) is 4.39. The molecule has 3 atom stereocenters. The summed E-state index contributed by atoms with van der Waals surface area (Å²) in [5.41, 5.74) is 0. The third-order valence-electron chi connectivity index (χ3n) is 2.83. The van der Waals surface area contributed by atoms with Crippen LogP contribution in [0.15, 0.2) is 12.3 Å². The Morgan fingerprint density at radius 1 is 1.20 bits per heavy atom. The minimum Gasteiger partial charge on any atom is -0.540 e. The van der Waals surface area contributed by atoms with E-state index in [-0.39, 0.29) is 12.6 Å². The molecule has 0 aromatic heterocycles. The first-order chi connectivity index (χ1) is 9.32. The summed E-state index contributed by atoms with van der Waals surface area (Å²) in [6.07, 6.45) is 0.948. The summed E-state index contributed by atoms with van der Waals surface area (Å²) in [5.74, 6) is -1.23. The molecule has 1 rings (SSSR count). The molecule has 0 aromatic rings. The molecule has 0 saturated carbocycles. The van der Waals surface area contributed by atoms with Crippen LogP contribution < -0.4 is 0 Å². The topological polar surface area (TPSA) is 81.6 Å². The van der Waals surface area contributed by atoms with Crippen molar-refractivity contribution >= 4 is 17.9 Å². The van der Waals surface area contributed by atoms with Crippen LogP contribution in [0.2, 0.25) is 0 Å². The van der Waals surface area contributed by atoms with E-state index < -0.39 is 30.3 Å². The molecule has 0 aliphatic carbocycles. The number of esters is 2. The van der Waals surface area contributed by atoms with Gasteiger partial charge in [-0.1, -0.05) is 0 Å². The zero-order valence-electron chi connectivity index (χ0n) is 12.0. The van der Waals surface area contributed by atoms with Crippen molar-refractivity contribution in [3.63, 3.8) is 0 Å². The fourth-order valence-corrected chi connectivity index (χ4v) is 1.87. The second kappa shape index (κ2) is 6.93. The van der Waals surface area contributed by atoms with Crippen molar-refractivity contribution in [1.82, 2.24) is 0 Å². The van der Waals surface area contributed by atoms with Crippen LogP contribution in [-0.2, 0) is 33.0 Å². The third kappa shape index (κ3) is 4.25. The van der Waals surface area contributed by atoms with E-state index in [2.05, 4.69) is 4.37 Å². The smallest absolute Gasteiger partial charge is 0.515 e. The highest BCUT2D eigenvalue weighted by atomic mass is 16.7. The van der Waals surface area contributed by atoms with E-state index >= 15 is 0 Å². The molecule has 7 heteroatoms. The number of hydrogen-bond donors (Lipinski definition) is 0. The van der Waals surface area contributed by atoms with E-state index in [1.807, 2.05) is 0 Å². The Bertz CT molecular complexity index is 415. The van der Waals surface area contributed by atoms with Gasteiger partial charge in [0, 0.05) is 18.6 Å². The van der Waals surface area contributed by atoms with Gasteiger partial charge in [-0.2, -0.15) is 0 Å². The van der Waals surface area contributed by atoms with Gasteiger partial charge >= 0.3 is 17.9 Å². The van der Waals surface area contributed by atoms with Crippen LogP contribution in [0.25, 0.3) is 0 Å². The van der Waals surface area contributed by atoms with E-state index in [0.29, 0.717) is 0 Å². The molecule has 1 heterocycles. The molecule has 112 valence electrons. The molecule has 0 amide bonds. The van der Waals surface area contributed by atoms with Crippen LogP contribution in [0.1, 0.15) is 20.8 Å². The number of ether oxygens (including phenoxy) is 3. The fraction of sp³-hybridized carbons (Fsp3) is 0.615. The van der Waals surface area contributed by atoms with Crippen LogP contribution >= 0.6 is 0 Å². The fourth-order valence-electron chi connectivity index (χ4n) is 1.87. The summed E-state index contributed by atoms with van der Waals surface area (Å²) in [6.45, 7) is 3.86. The van der Waals surface area contributed by atoms with E-state index in [1.54, 1.807) is 0 Å². The van der Waals surface area contributed by atoms with Crippen LogP contribution in [0.5, 0.6) is 0 Å². The summed E-state index contributed by atoms with van der Waals surface area (Å²) in [7, 11) is 1.49. The Kier molecular flexibility index (Phi) is 5.54. The zero-order chi connectivity index (χ0) is 15.3. The highest BCUT2D eigenvalue weighted by molar-refractivity contribution is 5.69.